The second kappa shape index (κ2) is 8.95. The van der Waals surface area contributed by atoms with E-state index in [9.17, 15) is 9.59 Å². The Hall–Kier alpha value is -1.06. The van der Waals surface area contributed by atoms with Crippen LogP contribution in [0.3, 0.4) is 0 Å². The van der Waals surface area contributed by atoms with E-state index < -0.39 is 0 Å². The smallest absolute Gasteiger partial charge is 0.222 e. The number of nitrogens with one attached hydrogen (secondary N) is 2. The van der Waals surface area contributed by atoms with E-state index in [1.165, 1.54) is 0 Å². The van der Waals surface area contributed by atoms with E-state index in [1.54, 1.807) is 0 Å². The second-order valence-electron chi connectivity index (χ2n) is 5.94. The van der Waals surface area contributed by atoms with Crippen LogP contribution in [0.5, 0.6) is 0 Å². The SMILES string of the molecule is CC(C)C(=O)NC(C)(C)C.CCNC(=O)C(C)C. The minimum atomic E-state index is -0.0959. The minimum Gasteiger partial charge on any atom is -0.356 e. The third-order valence-corrected chi connectivity index (χ3v) is 1.90. The molecule has 4 heteroatoms. The van der Waals surface area contributed by atoms with Crippen molar-refractivity contribution in [2.75, 3.05) is 6.54 Å². The molecule has 2 N–H and O–H groups in total. The molecular formula is C14H30N2O2. The highest BCUT2D eigenvalue weighted by atomic mass is 16.2. The molecule has 0 atom stereocenters. The summed E-state index contributed by atoms with van der Waals surface area (Å²) in [5.41, 5.74) is -0.0959. The highest BCUT2D eigenvalue weighted by molar-refractivity contribution is 5.78. The molecule has 0 aliphatic carbocycles. The Balaban J connectivity index is 0. The third-order valence-electron chi connectivity index (χ3n) is 1.90. The molecule has 4 nitrogen and oxygen atoms in total. The number of carbonyl (C=O) groups excluding carboxylic acids is 2. The molecule has 0 aromatic rings. The van der Waals surface area contributed by atoms with Crippen molar-refractivity contribution in [1.82, 2.24) is 10.6 Å². The van der Waals surface area contributed by atoms with Gasteiger partial charge in [0.1, 0.15) is 0 Å². The van der Waals surface area contributed by atoms with Gasteiger partial charge in [0.05, 0.1) is 0 Å². The average Bonchev–Trinajstić information content (AvgIpc) is 2.16. The van der Waals surface area contributed by atoms with Gasteiger partial charge < -0.3 is 10.6 Å². The lowest BCUT2D eigenvalue weighted by Crippen LogP contribution is -2.42. The van der Waals surface area contributed by atoms with Crippen molar-refractivity contribution >= 4 is 11.8 Å². The Morgan fingerprint density at radius 3 is 1.44 bits per heavy atom. The molecule has 0 spiro atoms. The lowest BCUT2D eigenvalue weighted by molar-refractivity contribution is -0.125. The largest absolute Gasteiger partial charge is 0.356 e. The molecule has 0 fully saturated rings. The van der Waals surface area contributed by atoms with E-state index in [-0.39, 0.29) is 29.2 Å². The molecular weight excluding hydrogens is 228 g/mol. The minimum absolute atomic E-state index is 0.0826. The summed E-state index contributed by atoms with van der Waals surface area (Å²) in [6.45, 7) is 16.1. The zero-order valence-electron chi connectivity index (χ0n) is 13.2. The van der Waals surface area contributed by atoms with Crippen molar-refractivity contribution in [1.29, 1.82) is 0 Å². The highest BCUT2D eigenvalue weighted by Crippen LogP contribution is 2.01. The summed E-state index contributed by atoms with van der Waals surface area (Å²) >= 11 is 0. The second-order valence-corrected chi connectivity index (χ2v) is 5.94. The maximum atomic E-state index is 11.0. The van der Waals surface area contributed by atoms with E-state index in [1.807, 2.05) is 55.4 Å². The maximum Gasteiger partial charge on any atom is 0.222 e. The summed E-state index contributed by atoms with van der Waals surface area (Å²) in [7, 11) is 0. The zero-order valence-corrected chi connectivity index (χ0v) is 13.2. The first-order valence-corrected chi connectivity index (χ1v) is 6.61. The fraction of sp³-hybridized carbons (Fsp3) is 0.857. The lowest BCUT2D eigenvalue weighted by Gasteiger charge is -2.21. The standard InChI is InChI=1S/C8H17NO.C6H13NO/c1-6(2)7(10)9-8(3,4)5;1-4-7-6(8)5(2)3/h6H,1-5H3,(H,9,10);5H,4H2,1-3H3,(H,7,8). The molecule has 108 valence electrons. The highest BCUT2D eigenvalue weighted by Gasteiger charge is 2.15. The van der Waals surface area contributed by atoms with Crippen LogP contribution in [0, 0.1) is 11.8 Å². The van der Waals surface area contributed by atoms with Gasteiger partial charge in [-0.3, -0.25) is 9.59 Å². The van der Waals surface area contributed by atoms with Gasteiger partial charge in [0.15, 0.2) is 0 Å². The first kappa shape index (κ1) is 19.3. The molecule has 0 aliphatic heterocycles. The summed E-state index contributed by atoms with van der Waals surface area (Å²) in [5.74, 6) is 0.453. The van der Waals surface area contributed by atoms with E-state index in [2.05, 4.69) is 10.6 Å². The Morgan fingerprint density at radius 1 is 0.944 bits per heavy atom. The first-order chi connectivity index (χ1) is 8.01. The van der Waals surface area contributed by atoms with Crippen LogP contribution in [0.2, 0.25) is 0 Å². The van der Waals surface area contributed by atoms with Gasteiger partial charge in [0.2, 0.25) is 11.8 Å². The van der Waals surface area contributed by atoms with Crippen LogP contribution < -0.4 is 10.6 Å². The molecule has 0 rings (SSSR count). The van der Waals surface area contributed by atoms with Crippen molar-refractivity contribution in [2.24, 2.45) is 11.8 Å². The summed E-state index contributed by atoms with van der Waals surface area (Å²) in [6.07, 6.45) is 0. The molecule has 0 radical (unpaired) electrons. The molecule has 2 amide bonds. The summed E-state index contributed by atoms with van der Waals surface area (Å²) in [5, 5.41) is 5.59. The molecule has 0 aromatic heterocycles. The molecule has 0 unspecified atom stereocenters. The van der Waals surface area contributed by atoms with Crippen LogP contribution in [-0.4, -0.2) is 23.9 Å². The molecule has 0 saturated carbocycles. The van der Waals surface area contributed by atoms with Gasteiger partial charge in [-0.15, -0.1) is 0 Å². The number of carbonyl (C=O) groups is 2. The predicted octanol–water partition coefficient (Wildman–Crippen LogP) is 2.34. The summed E-state index contributed by atoms with van der Waals surface area (Å²) in [4.78, 5) is 21.7. The van der Waals surface area contributed by atoms with Crippen LogP contribution in [0.25, 0.3) is 0 Å². The molecule has 0 aliphatic rings. The topological polar surface area (TPSA) is 58.2 Å². The average molecular weight is 258 g/mol. The van der Waals surface area contributed by atoms with Crippen molar-refractivity contribution in [3.05, 3.63) is 0 Å². The van der Waals surface area contributed by atoms with Crippen LogP contribution in [0.15, 0.2) is 0 Å². The quantitative estimate of drug-likeness (QED) is 0.816. The third kappa shape index (κ3) is 13.0. The fourth-order valence-corrected chi connectivity index (χ4v) is 0.892. The van der Waals surface area contributed by atoms with Crippen molar-refractivity contribution < 1.29 is 9.59 Å². The van der Waals surface area contributed by atoms with Gasteiger partial charge >= 0.3 is 0 Å². The van der Waals surface area contributed by atoms with Gasteiger partial charge in [0, 0.05) is 23.9 Å². The van der Waals surface area contributed by atoms with Crippen molar-refractivity contribution in [3.8, 4) is 0 Å². The number of amides is 2. The monoisotopic (exact) mass is 258 g/mol. The Morgan fingerprint density at radius 2 is 1.33 bits per heavy atom. The summed E-state index contributed by atoms with van der Waals surface area (Å²) < 4.78 is 0. The van der Waals surface area contributed by atoms with E-state index in [0.717, 1.165) is 6.54 Å². The summed E-state index contributed by atoms with van der Waals surface area (Å²) in [6, 6.07) is 0. The van der Waals surface area contributed by atoms with Crippen LogP contribution in [-0.2, 0) is 9.59 Å². The lowest BCUT2D eigenvalue weighted by atomic mass is 10.1. The van der Waals surface area contributed by atoms with Crippen molar-refractivity contribution in [3.63, 3.8) is 0 Å². The van der Waals surface area contributed by atoms with Gasteiger partial charge in [-0.2, -0.15) is 0 Å². The Kier molecular flexibility index (Phi) is 9.59. The number of rotatable bonds is 3. The van der Waals surface area contributed by atoms with Crippen LogP contribution in [0.4, 0.5) is 0 Å². The van der Waals surface area contributed by atoms with Crippen molar-refractivity contribution in [2.45, 2.75) is 60.9 Å². The number of hydrogen-bond donors (Lipinski definition) is 2. The van der Waals surface area contributed by atoms with Gasteiger partial charge in [-0.1, -0.05) is 27.7 Å². The molecule has 0 saturated heterocycles. The van der Waals surface area contributed by atoms with Gasteiger partial charge in [0.25, 0.3) is 0 Å². The normalized spacial score (nSPS) is 10.8. The number of hydrogen-bond acceptors (Lipinski definition) is 2. The molecule has 0 aromatic carbocycles. The molecule has 18 heavy (non-hydrogen) atoms. The van der Waals surface area contributed by atoms with E-state index in [4.69, 9.17) is 0 Å². The van der Waals surface area contributed by atoms with E-state index in [0.29, 0.717) is 0 Å². The first-order valence-electron chi connectivity index (χ1n) is 6.61. The van der Waals surface area contributed by atoms with Gasteiger partial charge in [-0.05, 0) is 27.7 Å². The zero-order chi connectivity index (χ0) is 14.9. The Bertz CT molecular complexity index is 253. The molecule has 0 bridgehead atoms. The van der Waals surface area contributed by atoms with E-state index >= 15 is 0 Å². The predicted molar refractivity (Wildman–Crippen MR) is 76.3 cm³/mol. The van der Waals surface area contributed by atoms with Crippen LogP contribution in [0.1, 0.15) is 55.4 Å². The Labute approximate surface area is 112 Å². The molecule has 0 heterocycles. The van der Waals surface area contributed by atoms with Crippen LogP contribution >= 0.6 is 0 Å². The van der Waals surface area contributed by atoms with Gasteiger partial charge in [-0.25, -0.2) is 0 Å². The fourth-order valence-electron chi connectivity index (χ4n) is 0.892. The maximum absolute atomic E-state index is 11.0.